The average molecular weight is 618 g/mol. The topological polar surface area (TPSA) is 171 Å². The zero-order chi connectivity index (χ0) is 31.2. The molecule has 0 aliphatic heterocycles. The summed E-state index contributed by atoms with van der Waals surface area (Å²) in [6.45, 7) is 3.42. The molecule has 0 aliphatic rings. The molecule has 0 unspecified atom stereocenters. The number of aromatic nitrogens is 7. The van der Waals surface area contributed by atoms with Crippen molar-refractivity contribution in [2.45, 2.75) is 20.4 Å². The Hall–Kier alpha value is -5.15. The van der Waals surface area contributed by atoms with Crippen LogP contribution in [0.1, 0.15) is 19.4 Å². The summed E-state index contributed by atoms with van der Waals surface area (Å²) in [5, 5.41) is 9.82. The first-order chi connectivity index (χ1) is 21.0. The molecule has 4 N–H and O–H groups in total. The summed E-state index contributed by atoms with van der Waals surface area (Å²) < 4.78 is 56.2. The van der Waals surface area contributed by atoms with E-state index in [9.17, 15) is 17.6 Å². The zero-order valence-electron chi connectivity index (χ0n) is 23.6. The van der Waals surface area contributed by atoms with Crippen molar-refractivity contribution in [1.29, 1.82) is 0 Å². The van der Waals surface area contributed by atoms with Crippen LogP contribution < -0.4 is 10.0 Å². The van der Waals surface area contributed by atoms with E-state index in [1.165, 1.54) is 36.9 Å². The molecule has 1 aromatic carbocycles. The number of H-pyrrole nitrogens is 2. The zero-order valence-corrected chi connectivity index (χ0v) is 24.4. The van der Waals surface area contributed by atoms with Gasteiger partial charge in [0.15, 0.2) is 17.1 Å². The van der Waals surface area contributed by atoms with Crippen LogP contribution in [0.15, 0.2) is 55.1 Å². The van der Waals surface area contributed by atoms with Crippen LogP contribution in [-0.2, 0) is 21.4 Å². The van der Waals surface area contributed by atoms with Crippen molar-refractivity contribution in [2.24, 2.45) is 5.92 Å². The predicted octanol–water partition coefficient (Wildman–Crippen LogP) is 4.55. The van der Waals surface area contributed by atoms with Crippen LogP contribution in [0.3, 0.4) is 0 Å². The Bertz CT molecular complexity index is 2180. The smallest absolute Gasteiger partial charge is 0.226 e. The predicted molar refractivity (Wildman–Crippen MR) is 161 cm³/mol. The Labute approximate surface area is 249 Å². The van der Waals surface area contributed by atoms with Crippen molar-refractivity contribution >= 4 is 43.8 Å². The van der Waals surface area contributed by atoms with E-state index < -0.39 is 21.7 Å². The van der Waals surface area contributed by atoms with E-state index in [2.05, 4.69) is 45.2 Å². The Morgan fingerprint density at radius 2 is 1.82 bits per heavy atom. The first kappa shape index (κ1) is 28.9. The lowest BCUT2D eigenvalue weighted by Gasteiger charge is -2.09. The number of nitrogens with one attached hydrogen (secondary N) is 4. The number of sulfonamides is 1. The molecule has 5 aromatic heterocycles. The summed E-state index contributed by atoms with van der Waals surface area (Å²) in [6, 6.07) is 7.45. The molecule has 0 fully saturated rings. The Morgan fingerprint density at radius 1 is 1.00 bits per heavy atom. The molecule has 0 radical (unpaired) electrons. The fourth-order valence-corrected chi connectivity index (χ4v) is 5.08. The number of anilines is 1. The third-order valence-electron chi connectivity index (χ3n) is 6.78. The SMILES string of the molecule is CC(C)C(=O)Nc1cncc(-c2cnc3[nH]nc(-c4nc5c(-c6cc(F)cc(CNS(C)(=O)=O)c6)ccnc5[nH]4)c3c2F)c1. The first-order valence-electron chi connectivity index (χ1n) is 13.4. The molecule has 0 atom stereocenters. The maximum atomic E-state index is 16.1. The van der Waals surface area contributed by atoms with Gasteiger partial charge in [0.1, 0.15) is 22.8 Å². The minimum Gasteiger partial charge on any atom is -0.324 e. The van der Waals surface area contributed by atoms with E-state index in [0.29, 0.717) is 39.1 Å². The van der Waals surface area contributed by atoms with E-state index in [1.807, 2.05) is 0 Å². The molecule has 5 heterocycles. The van der Waals surface area contributed by atoms with Gasteiger partial charge in [-0.15, -0.1) is 0 Å². The molecule has 0 aliphatic carbocycles. The average Bonchev–Trinajstić information content (AvgIpc) is 3.60. The van der Waals surface area contributed by atoms with Gasteiger partial charge in [0.25, 0.3) is 0 Å². The highest BCUT2D eigenvalue weighted by Crippen LogP contribution is 2.35. The summed E-state index contributed by atoms with van der Waals surface area (Å²) in [5.41, 5.74) is 3.35. The van der Waals surface area contributed by atoms with Crippen LogP contribution in [0.5, 0.6) is 0 Å². The lowest BCUT2D eigenvalue weighted by atomic mass is 10.0. The molecule has 0 saturated carbocycles. The normalized spacial score (nSPS) is 12.0. The first-order valence-corrected chi connectivity index (χ1v) is 15.2. The molecule has 6 aromatic rings. The van der Waals surface area contributed by atoms with E-state index in [4.69, 9.17) is 0 Å². The number of carbonyl (C=O) groups excluding carboxylic acids is 1. The monoisotopic (exact) mass is 617 g/mol. The number of halogens is 2. The molecule has 6 rings (SSSR count). The fraction of sp³-hybridized carbons (Fsp3) is 0.172. The Balaban J connectivity index is 1.41. The van der Waals surface area contributed by atoms with Gasteiger partial charge in [0, 0.05) is 47.7 Å². The third kappa shape index (κ3) is 5.74. The second-order valence-corrected chi connectivity index (χ2v) is 12.3. The van der Waals surface area contributed by atoms with Crippen molar-refractivity contribution in [3.63, 3.8) is 0 Å². The van der Waals surface area contributed by atoms with Gasteiger partial charge in [0.2, 0.25) is 15.9 Å². The second-order valence-electron chi connectivity index (χ2n) is 10.5. The molecule has 0 bridgehead atoms. The van der Waals surface area contributed by atoms with Crippen molar-refractivity contribution in [3.8, 4) is 33.8 Å². The van der Waals surface area contributed by atoms with Gasteiger partial charge in [-0.1, -0.05) is 13.8 Å². The highest BCUT2D eigenvalue weighted by atomic mass is 32.2. The number of aromatic amines is 2. The second kappa shape index (κ2) is 11.2. The van der Waals surface area contributed by atoms with Gasteiger partial charge < -0.3 is 10.3 Å². The number of hydrogen-bond acceptors (Lipinski definition) is 8. The number of benzene rings is 1. The molecular weight excluding hydrogens is 592 g/mol. The maximum Gasteiger partial charge on any atom is 0.226 e. The molecular formula is C29H25F2N9O3S. The summed E-state index contributed by atoms with van der Waals surface area (Å²) in [4.78, 5) is 32.7. The van der Waals surface area contributed by atoms with E-state index >= 15 is 4.39 Å². The van der Waals surface area contributed by atoms with Gasteiger partial charge >= 0.3 is 0 Å². The molecule has 224 valence electrons. The summed E-state index contributed by atoms with van der Waals surface area (Å²) >= 11 is 0. The quantitative estimate of drug-likeness (QED) is 0.193. The van der Waals surface area contributed by atoms with Crippen molar-refractivity contribution in [3.05, 3.63) is 72.3 Å². The van der Waals surface area contributed by atoms with E-state index in [-0.39, 0.29) is 46.5 Å². The van der Waals surface area contributed by atoms with Crippen LogP contribution in [0.4, 0.5) is 14.5 Å². The van der Waals surface area contributed by atoms with Gasteiger partial charge in [-0.25, -0.2) is 36.9 Å². The van der Waals surface area contributed by atoms with Crippen LogP contribution in [0.25, 0.3) is 56.0 Å². The van der Waals surface area contributed by atoms with Gasteiger partial charge in [-0.3, -0.25) is 14.9 Å². The molecule has 1 amide bonds. The number of amides is 1. The van der Waals surface area contributed by atoms with Gasteiger partial charge in [-0.2, -0.15) is 5.10 Å². The number of pyridine rings is 3. The molecule has 0 spiro atoms. The largest absolute Gasteiger partial charge is 0.324 e. The lowest BCUT2D eigenvalue weighted by Crippen LogP contribution is -2.21. The highest BCUT2D eigenvalue weighted by molar-refractivity contribution is 7.88. The van der Waals surface area contributed by atoms with E-state index in [1.54, 1.807) is 32.0 Å². The molecule has 0 saturated heterocycles. The highest BCUT2D eigenvalue weighted by Gasteiger charge is 2.22. The van der Waals surface area contributed by atoms with Crippen molar-refractivity contribution < 1.29 is 22.0 Å². The number of hydrogen-bond donors (Lipinski definition) is 4. The Kier molecular flexibility index (Phi) is 7.34. The van der Waals surface area contributed by atoms with Crippen LogP contribution in [-0.4, -0.2) is 55.7 Å². The number of nitrogens with zero attached hydrogens (tertiary/aromatic N) is 5. The van der Waals surface area contributed by atoms with E-state index in [0.717, 1.165) is 6.26 Å². The standard InChI is InChI=1S/C29H25F2N9O3S/c1-14(2)29(41)36-19-9-17(11-32-12-19)21-13-34-26-22(23(21)31)25(39-40-26)28-37-24-20(4-5-33-27(24)38-28)16-6-15(7-18(30)8-16)10-35-44(3,42)43/h4-9,11-14,35H,10H2,1-3H3,(H,36,41)(H,33,37,38)(H,34,39,40). The molecule has 15 heteroatoms. The van der Waals surface area contributed by atoms with Gasteiger partial charge in [0.05, 0.1) is 23.5 Å². The fourth-order valence-electron chi connectivity index (χ4n) is 4.65. The van der Waals surface area contributed by atoms with Crippen LogP contribution in [0, 0.1) is 17.6 Å². The maximum absolute atomic E-state index is 16.1. The summed E-state index contributed by atoms with van der Waals surface area (Å²) in [5.74, 6) is -1.45. The van der Waals surface area contributed by atoms with Crippen LogP contribution in [0.2, 0.25) is 0 Å². The summed E-state index contributed by atoms with van der Waals surface area (Å²) in [7, 11) is -3.49. The lowest BCUT2D eigenvalue weighted by molar-refractivity contribution is -0.118. The number of rotatable bonds is 8. The van der Waals surface area contributed by atoms with Crippen molar-refractivity contribution in [2.75, 3.05) is 11.6 Å². The third-order valence-corrected chi connectivity index (χ3v) is 7.45. The number of fused-ring (bicyclic) bond motifs is 2. The minimum absolute atomic E-state index is 0.0691. The summed E-state index contributed by atoms with van der Waals surface area (Å²) in [6.07, 6.45) is 6.82. The van der Waals surface area contributed by atoms with Gasteiger partial charge in [-0.05, 0) is 41.5 Å². The van der Waals surface area contributed by atoms with Crippen molar-refractivity contribution in [1.82, 2.24) is 39.8 Å². The molecule has 12 nitrogen and oxygen atoms in total. The molecule has 44 heavy (non-hydrogen) atoms. The number of imidazole rings is 1. The van der Waals surface area contributed by atoms with Crippen LogP contribution >= 0.6 is 0 Å². The minimum atomic E-state index is -3.49. The Morgan fingerprint density at radius 3 is 2.59 bits per heavy atom. The number of carbonyl (C=O) groups is 1.